The number of hydrogen-bond donors (Lipinski definition) is 3. The van der Waals surface area contributed by atoms with E-state index >= 15 is 0 Å². The van der Waals surface area contributed by atoms with Crippen LogP contribution in [0.15, 0.2) is 42.0 Å². The minimum absolute atomic E-state index is 0.152. The number of hydrogen-bond acceptors (Lipinski definition) is 4. The van der Waals surface area contributed by atoms with Crippen LogP contribution in [0.3, 0.4) is 0 Å². The molecule has 1 atom stereocenters. The molecule has 2 aromatic carbocycles. The molecule has 0 spiro atoms. The lowest BCUT2D eigenvalue weighted by Gasteiger charge is -2.24. The van der Waals surface area contributed by atoms with Crippen LogP contribution in [0.5, 0.6) is 5.75 Å². The zero-order valence-electron chi connectivity index (χ0n) is 19.4. The molecule has 9 heteroatoms. The second-order valence-corrected chi connectivity index (χ2v) is 9.87. The molecular formula is C26H27N3O5S. The van der Waals surface area contributed by atoms with Crippen LogP contribution in [0.4, 0.5) is 0 Å². The Labute approximate surface area is 205 Å². The van der Waals surface area contributed by atoms with Gasteiger partial charge in [0.25, 0.3) is 5.91 Å². The van der Waals surface area contributed by atoms with Gasteiger partial charge in [0.1, 0.15) is 5.75 Å². The number of nitrogens with zero attached hydrogens (tertiary/aromatic N) is 1. The Kier molecular flexibility index (Phi) is 6.21. The summed E-state index contributed by atoms with van der Waals surface area (Å²) in [5.41, 5.74) is 5.23. The fourth-order valence-corrected chi connectivity index (χ4v) is 5.76. The van der Waals surface area contributed by atoms with Crippen molar-refractivity contribution in [3.8, 4) is 17.0 Å². The third kappa shape index (κ3) is 4.26. The van der Waals surface area contributed by atoms with Gasteiger partial charge in [-0.1, -0.05) is 25.3 Å². The minimum atomic E-state index is -1.98. The molecule has 5 rings (SSSR count). The van der Waals surface area contributed by atoms with Crippen molar-refractivity contribution in [2.75, 3.05) is 7.11 Å². The number of nitrogens with two attached hydrogens (primary N) is 1. The molecule has 4 N–H and O–H groups in total. The van der Waals surface area contributed by atoms with Crippen LogP contribution in [0.25, 0.3) is 28.2 Å². The van der Waals surface area contributed by atoms with Crippen LogP contribution in [0.2, 0.25) is 0 Å². The predicted octanol–water partition coefficient (Wildman–Crippen LogP) is 4.11. The van der Waals surface area contributed by atoms with E-state index in [1.54, 1.807) is 25.3 Å². The molecule has 1 fully saturated rings. The monoisotopic (exact) mass is 493 g/mol. The largest absolute Gasteiger partial charge is 0.497 e. The molecular weight excluding hydrogens is 466 g/mol. The molecule has 0 bridgehead atoms. The number of ether oxygens (including phenoxy) is 1. The second kappa shape index (κ2) is 9.31. The summed E-state index contributed by atoms with van der Waals surface area (Å²) < 4.78 is 21.0. The number of benzene rings is 2. The maximum Gasteiger partial charge on any atom is 0.333 e. The first-order chi connectivity index (χ1) is 16.9. The highest BCUT2D eigenvalue weighted by molar-refractivity contribution is 7.81. The Morgan fingerprint density at radius 2 is 1.91 bits per heavy atom. The summed E-state index contributed by atoms with van der Waals surface area (Å²) in [6, 6.07) is 11.1. The highest BCUT2D eigenvalue weighted by atomic mass is 32.2. The van der Waals surface area contributed by atoms with Crippen molar-refractivity contribution >= 4 is 40.0 Å². The van der Waals surface area contributed by atoms with E-state index in [0.717, 1.165) is 53.4 Å². The van der Waals surface area contributed by atoms with E-state index in [1.807, 2.05) is 28.8 Å². The molecule has 1 aliphatic heterocycles. The lowest BCUT2D eigenvalue weighted by atomic mass is 9.81. The van der Waals surface area contributed by atoms with E-state index in [0.29, 0.717) is 17.2 Å². The number of carboxylic acid groups (broad SMARTS) is 1. The Morgan fingerprint density at radius 1 is 1.14 bits per heavy atom. The Hall–Kier alpha value is -3.43. The molecule has 1 saturated carbocycles. The van der Waals surface area contributed by atoms with Gasteiger partial charge < -0.3 is 14.4 Å². The smallest absolute Gasteiger partial charge is 0.333 e. The van der Waals surface area contributed by atoms with E-state index in [1.165, 1.54) is 12.0 Å². The van der Waals surface area contributed by atoms with E-state index < -0.39 is 23.0 Å². The lowest BCUT2D eigenvalue weighted by Crippen LogP contribution is -2.30. The van der Waals surface area contributed by atoms with Gasteiger partial charge in [0.15, 0.2) is 11.2 Å². The Morgan fingerprint density at radius 3 is 2.60 bits per heavy atom. The fraction of sp³-hybridized carbons (Fsp3) is 0.308. The zero-order valence-corrected chi connectivity index (χ0v) is 20.2. The van der Waals surface area contributed by atoms with Gasteiger partial charge in [0, 0.05) is 22.0 Å². The van der Waals surface area contributed by atoms with Crippen LogP contribution in [0.1, 0.15) is 59.5 Å². The highest BCUT2D eigenvalue weighted by Gasteiger charge is 2.30. The molecule has 2 aliphatic rings. The molecule has 182 valence electrons. The number of aliphatic carboxylic acids is 1. The molecule has 2 heterocycles. The van der Waals surface area contributed by atoms with Gasteiger partial charge in [0.05, 0.1) is 24.9 Å². The number of fused-ring (bicyclic) bond motifs is 5. The summed E-state index contributed by atoms with van der Waals surface area (Å²) in [5.74, 6) is -0.558. The molecule has 1 aliphatic carbocycles. The fourth-order valence-electron chi connectivity index (χ4n) is 5.46. The SMILES string of the molecule is COc1ccc2c(c1)C=C(C(=O)O)Cn1c-2c(C2CCCCC2)c2ccc(C(=O)NS(N)=O)cc21. The van der Waals surface area contributed by atoms with E-state index in [-0.39, 0.29) is 12.1 Å². The molecule has 1 unspecified atom stereocenters. The number of methoxy groups -OCH3 is 1. The average molecular weight is 494 g/mol. The summed E-state index contributed by atoms with van der Waals surface area (Å²) in [6.07, 6.45) is 7.33. The number of carbonyl (C=O) groups excluding carboxylic acids is 1. The number of nitrogens with one attached hydrogen (secondary N) is 1. The molecule has 1 aromatic heterocycles. The molecule has 0 radical (unpaired) electrons. The summed E-state index contributed by atoms with van der Waals surface area (Å²) in [5, 5.41) is 16.2. The molecule has 3 aromatic rings. The third-order valence-electron chi connectivity index (χ3n) is 7.02. The number of amides is 1. The van der Waals surface area contributed by atoms with Crippen LogP contribution in [-0.2, 0) is 22.5 Å². The van der Waals surface area contributed by atoms with Gasteiger partial charge in [-0.25, -0.2) is 14.1 Å². The maximum absolute atomic E-state index is 12.6. The van der Waals surface area contributed by atoms with Crippen molar-refractivity contribution in [2.45, 2.75) is 44.6 Å². The number of aromatic nitrogens is 1. The van der Waals surface area contributed by atoms with E-state index in [4.69, 9.17) is 9.88 Å². The quantitative estimate of drug-likeness (QED) is 0.493. The van der Waals surface area contributed by atoms with Gasteiger partial charge in [-0.2, -0.15) is 0 Å². The summed E-state index contributed by atoms with van der Waals surface area (Å²) in [7, 11) is 1.59. The first kappa shape index (κ1) is 23.3. The summed E-state index contributed by atoms with van der Waals surface area (Å²) >= 11 is -1.98. The molecule has 8 nitrogen and oxygen atoms in total. The average Bonchev–Trinajstić information content (AvgIpc) is 3.06. The number of carbonyl (C=O) groups is 2. The highest BCUT2D eigenvalue weighted by Crippen LogP contribution is 2.47. The van der Waals surface area contributed by atoms with Gasteiger partial charge in [-0.15, -0.1) is 0 Å². The van der Waals surface area contributed by atoms with Gasteiger partial charge in [0.2, 0.25) is 0 Å². The van der Waals surface area contributed by atoms with E-state index in [2.05, 4.69) is 4.72 Å². The first-order valence-electron chi connectivity index (χ1n) is 11.6. The van der Waals surface area contributed by atoms with Crippen molar-refractivity contribution < 1.29 is 23.6 Å². The summed E-state index contributed by atoms with van der Waals surface area (Å²) in [4.78, 5) is 24.8. The maximum atomic E-state index is 12.6. The zero-order chi connectivity index (χ0) is 24.7. The predicted molar refractivity (Wildman–Crippen MR) is 135 cm³/mol. The van der Waals surface area contributed by atoms with Gasteiger partial charge in [-0.3, -0.25) is 9.52 Å². The van der Waals surface area contributed by atoms with Crippen LogP contribution in [-0.4, -0.2) is 32.9 Å². The number of rotatable bonds is 5. The van der Waals surface area contributed by atoms with Crippen LogP contribution in [0, 0.1) is 0 Å². The Balaban J connectivity index is 1.82. The van der Waals surface area contributed by atoms with Gasteiger partial charge in [-0.05, 0) is 66.3 Å². The second-order valence-electron chi connectivity index (χ2n) is 9.07. The van der Waals surface area contributed by atoms with Crippen molar-refractivity contribution in [2.24, 2.45) is 5.14 Å². The van der Waals surface area contributed by atoms with Crippen LogP contribution >= 0.6 is 0 Å². The standard InChI is InChI=1S/C26H27N3O5S/c1-34-19-8-10-20-17(12-19)11-18(26(31)32)14-29-22-13-16(25(30)28-35(27)33)7-9-21(22)23(24(20)29)15-5-3-2-4-6-15/h7-13,15H,2-6,14,27H2,1H3,(H,28,30)(H,31,32). The molecule has 1 amide bonds. The topological polar surface area (TPSA) is 124 Å². The van der Waals surface area contributed by atoms with Crippen molar-refractivity contribution in [1.82, 2.24) is 9.29 Å². The van der Waals surface area contributed by atoms with Crippen molar-refractivity contribution in [3.05, 3.63) is 58.7 Å². The summed E-state index contributed by atoms with van der Waals surface area (Å²) in [6.45, 7) is 0.152. The normalized spacial score (nSPS) is 16.6. The molecule has 0 saturated heterocycles. The first-order valence-corrected chi connectivity index (χ1v) is 12.8. The number of carboxylic acids is 1. The minimum Gasteiger partial charge on any atom is -0.497 e. The van der Waals surface area contributed by atoms with Crippen molar-refractivity contribution in [3.63, 3.8) is 0 Å². The molecule has 35 heavy (non-hydrogen) atoms. The third-order valence-corrected chi connectivity index (χ3v) is 7.41. The Bertz CT molecular complexity index is 1400. The van der Waals surface area contributed by atoms with Crippen molar-refractivity contribution in [1.29, 1.82) is 0 Å². The van der Waals surface area contributed by atoms with Crippen LogP contribution < -0.4 is 14.6 Å². The van der Waals surface area contributed by atoms with E-state index in [9.17, 15) is 18.9 Å². The lowest BCUT2D eigenvalue weighted by molar-refractivity contribution is -0.132. The van der Waals surface area contributed by atoms with Gasteiger partial charge >= 0.3 is 5.97 Å².